The standard InChI is InChI=1S/C4H6ClSi/c1-3-6(5)4-2/h3-4H,1-2H2. The average molecular weight is 118 g/mol. The molecule has 6 heavy (non-hydrogen) atoms. The van der Waals surface area contributed by atoms with Crippen molar-refractivity contribution >= 4 is 19.2 Å². The Morgan fingerprint density at radius 2 is 1.67 bits per heavy atom. The number of rotatable bonds is 2. The van der Waals surface area contributed by atoms with Crippen LogP contribution in [0.4, 0.5) is 0 Å². The Kier molecular flexibility index (Phi) is 3.18. The fourth-order valence-electron chi connectivity index (χ4n) is 0.0833. The van der Waals surface area contributed by atoms with Crippen molar-refractivity contribution in [1.82, 2.24) is 0 Å². The van der Waals surface area contributed by atoms with Gasteiger partial charge in [-0.25, -0.2) is 0 Å². The van der Waals surface area contributed by atoms with E-state index in [0.717, 1.165) is 0 Å². The van der Waals surface area contributed by atoms with E-state index in [1.807, 2.05) is 0 Å². The van der Waals surface area contributed by atoms with E-state index in [4.69, 9.17) is 11.1 Å². The minimum atomic E-state index is -0.868. The Morgan fingerprint density at radius 1 is 1.33 bits per heavy atom. The van der Waals surface area contributed by atoms with Crippen LogP contribution in [0.15, 0.2) is 24.6 Å². The lowest BCUT2D eigenvalue weighted by Crippen LogP contribution is -1.88. The van der Waals surface area contributed by atoms with Crippen LogP contribution in [-0.2, 0) is 0 Å². The summed E-state index contributed by atoms with van der Waals surface area (Å²) in [5.41, 5.74) is 3.44. The van der Waals surface area contributed by atoms with Crippen molar-refractivity contribution in [3.05, 3.63) is 24.6 Å². The van der Waals surface area contributed by atoms with E-state index in [2.05, 4.69) is 13.2 Å². The summed E-state index contributed by atoms with van der Waals surface area (Å²) in [4.78, 5) is 0. The van der Waals surface area contributed by atoms with Gasteiger partial charge in [0.2, 0.25) is 8.11 Å². The predicted molar refractivity (Wildman–Crippen MR) is 32.0 cm³/mol. The van der Waals surface area contributed by atoms with Gasteiger partial charge >= 0.3 is 0 Å². The van der Waals surface area contributed by atoms with Crippen LogP contribution in [0.1, 0.15) is 0 Å². The molecule has 0 rings (SSSR count). The molecule has 0 unspecified atom stereocenters. The minimum Gasteiger partial charge on any atom is -0.157 e. The van der Waals surface area contributed by atoms with Crippen LogP contribution in [0.25, 0.3) is 0 Å². The van der Waals surface area contributed by atoms with E-state index in [1.54, 1.807) is 11.4 Å². The SMILES string of the molecule is C=C[Si](Cl)C=C. The first kappa shape index (κ1) is 5.99. The van der Waals surface area contributed by atoms with Gasteiger partial charge in [0.1, 0.15) is 0 Å². The number of halogens is 1. The van der Waals surface area contributed by atoms with E-state index in [-0.39, 0.29) is 0 Å². The first-order valence-corrected chi connectivity index (χ1v) is 4.25. The fraction of sp³-hybridized carbons (Fsp3) is 0. The molecule has 0 N–H and O–H groups in total. The largest absolute Gasteiger partial charge is 0.217 e. The van der Waals surface area contributed by atoms with Gasteiger partial charge in [0.25, 0.3) is 0 Å². The van der Waals surface area contributed by atoms with Crippen molar-refractivity contribution in [2.24, 2.45) is 0 Å². The molecule has 2 heteroatoms. The lowest BCUT2D eigenvalue weighted by atomic mass is 11.2. The van der Waals surface area contributed by atoms with Gasteiger partial charge < -0.3 is 0 Å². The van der Waals surface area contributed by atoms with Gasteiger partial charge in [0, 0.05) is 0 Å². The topological polar surface area (TPSA) is 0 Å². The molecule has 0 aromatic rings. The van der Waals surface area contributed by atoms with E-state index in [9.17, 15) is 0 Å². The van der Waals surface area contributed by atoms with Crippen molar-refractivity contribution < 1.29 is 0 Å². The van der Waals surface area contributed by atoms with Crippen molar-refractivity contribution in [3.8, 4) is 0 Å². The number of hydrogen-bond acceptors (Lipinski definition) is 0. The summed E-state index contributed by atoms with van der Waals surface area (Å²) in [5, 5.41) is 0. The summed E-state index contributed by atoms with van der Waals surface area (Å²) < 4.78 is 0. The quantitative estimate of drug-likeness (QED) is 0.381. The molecule has 0 saturated carbocycles. The van der Waals surface area contributed by atoms with Crippen molar-refractivity contribution in [2.75, 3.05) is 0 Å². The molecular weight excluding hydrogens is 112 g/mol. The third-order valence-corrected chi connectivity index (χ3v) is 2.10. The second kappa shape index (κ2) is 3.19. The summed E-state index contributed by atoms with van der Waals surface area (Å²) in [6.07, 6.45) is 0. The van der Waals surface area contributed by atoms with Crippen molar-refractivity contribution in [1.29, 1.82) is 0 Å². The van der Waals surface area contributed by atoms with Crippen LogP contribution >= 0.6 is 11.1 Å². The first-order valence-electron chi connectivity index (χ1n) is 1.58. The highest BCUT2D eigenvalue weighted by molar-refractivity contribution is 7.12. The Bertz CT molecular complexity index is 52.6. The summed E-state index contributed by atoms with van der Waals surface area (Å²) >= 11 is 5.52. The second-order valence-corrected chi connectivity index (χ2v) is 3.69. The Morgan fingerprint density at radius 3 is 1.67 bits per heavy atom. The van der Waals surface area contributed by atoms with E-state index >= 15 is 0 Å². The van der Waals surface area contributed by atoms with Crippen LogP contribution in [0.2, 0.25) is 0 Å². The number of hydrogen-bond donors (Lipinski definition) is 0. The molecule has 0 aromatic carbocycles. The molecule has 0 aliphatic heterocycles. The smallest absolute Gasteiger partial charge is 0.157 e. The molecule has 0 heterocycles. The van der Waals surface area contributed by atoms with Crippen LogP contribution in [0, 0.1) is 0 Å². The molecule has 0 aromatic heterocycles. The minimum absolute atomic E-state index is 0.868. The maximum Gasteiger partial charge on any atom is 0.217 e. The Balaban J connectivity index is 3.21. The third-order valence-electron chi connectivity index (χ3n) is 0.390. The van der Waals surface area contributed by atoms with Crippen LogP contribution in [0.3, 0.4) is 0 Å². The highest BCUT2D eigenvalue weighted by Gasteiger charge is 1.88. The highest BCUT2D eigenvalue weighted by Crippen LogP contribution is 1.87. The molecule has 1 radical (unpaired) electrons. The van der Waals surface area contributed by atoms with Crippen molar-refractivity contribution in [3.63, 3.8) is 0 Å². The molecule has 0 bridgehead atoms. The molecule has 0 fully saturated rings. The van der Waals surface area contributed by atoms with E-state index < -0.39 is 8.11 Å². The van der Waals surface area contributed by atoms with Gasteiger partial charge in [-0.2, -0.15) is 11.1 Å². The van der Waals surface area contributed by atoms with Gasteiger partial charge in [0.05, 0.1) is 0 Å². The molecule has 0 saturated heterocycles. The summed E-state index contributed by atoms with van der Waals surface area (Å²) in [6.45, 7) is 6.95. The van der Waals surface area contributed by atoms with E-state index in [1.165, 1.54) is 0 Å². The average Bonchev–Trinajstić information content (AvgIpc) is 1.65. The molecule has 0 aliphatic carbocycles. The zero-order chi connectivity index (χ0) is 4.99. The lowest BCUT2D eigenvalue weighted by Gasteiger charge is -1.80. The highest BCUT2D eigenvalue weighted by atomic mass is 35.6. The molecule has 0 amide bonds. The zero-order valence-corrected chi connectivity index (χ0v) is 5.20. The lowest BCUT2D eigenvalue weighted by molar-refractivity contribution is 2.41. The maximum absolute atomic E-state index is 5.52. The Labute approximate surface area is 44.4 Å². The molecule has 0 aliphatic rings. The van der Waals surface area contributed by atoms with Crippen LogP contribution < -0.4 is 0 Å². The second-order valence-electron chi connectivity index (χ2n) is 0.793. The first-order chi connectivity index (χ1) is 2.81. The molecular formula is C4H6ClSi. The van der Waals surface area contributed by atoms with Gasteiger partial charge in [0.15, 0.2) is 0 Å². The normalized spacial score (nSPS) is 8.33. The summed E-state index contributed by atoms with van der Waals surface area (Å²) in [5.74, 6) is 0. The fourth-order valence-corrected chi connectivity index (χ4v) is 0.250. The van der Waals surface area contributed by atoms with Gasteiger partial charge in [-0.1, -0.05) is 11.4 Å². The Hall–Kier alpha value is -0.0131. The van der Waals surface area contributed by atoms with Gasteiger partial charge in [-0.15, -0.1) is 13.2 Å². The summed E-state index contributed by atoms with van der Waals surface area (Å²) in [7, 11) is -0.868. The van der Waals surface area contributed by atoms with Gasteiger partial charge in [-0.05, 0) is 0 Å². The van der Waals surface area contributed by atoms with Crippen LogP contribution in [-0.4, -0.2) is 8.11 Å². The molecule has 33 valence electrons. The predicted octanol–water partition coefficient (Wildman–Crippen LogP) is 1.67. The van der Waals surface area contributed by atoms with Crippen LogP contribution in [0.5, 0.6) is 0 Å². The summed E-state index contributed by atoms with van der Waals surface area (Å²) in [6, 6.07) is 0. The van der Waals surface area contributed by atoms with Crippen molar-refractivity contribution in [2.45, 2.75) is 0 Å². The molecule has 0 spiro atoms. The molecule has 0 nitrogen and oxygen atoms in total. The zero-order valence-electron chi connectivity index (χ0n) is 3.45. The maximum atomic E-state index is 5.52. The molecule has 0 atom stereocenters. The monoisotopic (exact) mass is 117 g/mol. The third kappa shape index (κ3) is 2.24. The van der Waals surface area contributed by atoms with E-state index in [0.29, 0.717) is 0 Å². The van der Waals surface area contributed by atoms with Gasteiger partial charge in [-0.3, -0.25) is 0 Å².